The fourth-order valence-corrected chi connectivity index (χ4v) is 9.75. The number of ether oxygens (including phenoxy) is 6. The van der Waals surface area contributed by atoms with Gasteiger partial charge in [0.25, 0.3) is 0 Å². The summed E-state index contributed by atoms with van der Waals surface area (Å²) < 4.78 is 31.8. The maximum Gasteiger partial charge on any atom is 2.00 e. The van der Waals surface area contributed by atoms with Crippen molar-refractivity contribution in [2.75, 3.05) is 42.7 Å². The molecule has 6 rings (SSSR count). The minimum atomic E-state index is -0.665. The van der Waals surface area contributed by atoms with Crippen molar-refractivity contribution < 1.29 is 80.9 Å². The molecule has 0 aliphatic rings. The van der Waals surface area contributed by atoms with Crippen LogP contribution in [0.25, 0.3) is 0 Å². The van der Waals surface area contributed by atoms with Crippen molar-refractivity contribution in [2.24, 2.45) is 0 Å². The van der Waals surface area contributed by atoms with Crippen LogP contribution in [-0.2, 0) is 27.7 Å². The summed E-state index contributed by atoms with van der Waals surface area (Å²) in [6, 6.07) is 49.8. The first-order valence-electron chi connectivity index (χ1n) is 15.9. The number of methoxy groups -OCH3 is 6. The maximum absolute atomic E-state index is 5.30. The molecule has 0 N–H and O–H groups in total. The fraction of sp³-hybridized carbons (Fsp3) is 0.143. The van der Waals surface area contributed by atoms with E-state index in [2.05, 4.69) is 72.8 Å². The van der Waals surface area contributed by atoms with Crippen molar-refractivity contribution >= 4 is 47.7 Å². The number of hydrogen-bond donors (Lipinski definition) is 0. The van der Waals surface area contributed by atoms with Crippen molar-refractivity contribution in [2.45, 2.75) is 0 Å². The molecule has 0 saturated carbocycles. The van der Waals surface area contributed by atoms with E-state index in [1.807, 2.05) is 72.8 Å². The Morgan fingerprint density at radius 1 is 0.245 bits per heavy atom. The van der Waals surface area contributed by atoms with Crippen molar-refractivity contribution in [3.8, 4) is 34.5 Å². The van der Waals surface area contributed by atoms with Crippen LogP contribution in [0.4, 0.5) is 0 Å². The zero-order valence-corrected chi connectivity index (χ0v) is 39.5. The molecule has 0 fully saturated rings. The number of rotatable bonds is 12. The molecule has 0 bridgehead atoms. The first-order valence-corrected chi connectivity index (χ1v) is 18.6. The Labute approximate surface area is 349 Å². The summed E-state index contributed by atoms with van der Waals surface area (Å²) in [4.78, 5) is 0. The Bertz CT molecular complexity index is 1530. The largest absolute Gasteiger partial charge is 2.00 e. The van der Waals surface area contributed by atoms with E-state index in [1.54, 1.807) is 42.7 Å². The average molecular weight is 976 g/mol. The standard InChI is InChI=1S/2C21H21O3P.2ClH.Hg/c2*1-22-16-4-10-19(11-5-16)25(20-12-6-17(23-2)7-13-20)21-14-8-18(24-3)9-15-21;;;/h2*4-15H,1-3H3;2*1H;/q;;;;+2/p-2. The zero-order chi connectivity index (χ0) is 35.3. The Morgan fingerprint density at radius 3 is 0.453 bits per heavy atom. The van der Waals surface area contributed by atoms with Crippen LogP contribution in [0.1, 0.15) is 0 Å². The van der Waals surface area contributed by atoms with Crippen LogP contribution in [0.15, 0.2) is 146 Å². The monoisotopic (exact) mass is 976 g/mol. The molecule has 6 aromatic rings. The predicted molar refractivity (Wildman–Crippen MR) is 210 cm³/mol. The van der Waals surface area contributed by atoms with E-state index in [4.69, 9.17) is 28.4 Å². The molecule has 53 heavy (non-hydrogen) atoms. The van der Waals surface area contributed by atoms with Gasteiger partial charge in [0.05, 0.1) is 42.7 Å². The van der Waals surface area contributed by atoms with Crippen LogP contribution < -0.4 is 85.1 Å². The molecule has 0 saturated heterocycles. The van der Waals surface area contributed by atoms with E-state index in [-0.39, 0.29) is 52.5 Å². The summed E-state index contributed by atoms with van der Waals surface area (Å²) in [7, 11) is 8.78. The molecule has 0 amide bonds. The normalized spacial score (nSPS) is 9.96. The van der Waals surface area contributed by atoms with E-state index in [0.29, 0.717) is 0 Å². The molecule has 272 valence electrons. The van der Waals surface area contributed by atoms with Crippen LogP contribution in [0.2, 0.25) is 0 Å². The first-order chi connectivity index (χ1) is 24.5. The Kier molecular flexibility index (Phi) is 20.1. The van der Waals surface area contributed by atoms with Crippen molar-refractivity contribution in [3.05, 3.63) is 146 Å². The molecular formula is C42H42Cl2HgO6P2. The van der Waals surface area contributed by atoms with E-state index in [9.17, 15) is 0 Å². The zero-order valence-electron chi connectivity index (χ0n) is 30.7. The number of hydrogen-bond acceptors (Lipinski definition) is 6. The van der Waals surface area contributed by atoms with Crippen molar-refractivity contribution in [1.82, 2.24) is 0 Å². The fourth-order valence-electron chi connectivity index (χ4n) is 5.28. The third kappa shape index (κ3) is 12.3. The van der Waals surface area contributed by atoms with Crippen LogP contribution in [0, 0.1) is 0 Å². The van der Waals surface area contributed by atoms with Crippen molar-refractivity contribution in [1.29, 1.82) is 0 Å². The van der Waals surface area contributed by atoms with Gasteiger partial charge in [0, 0.05) is 0 Å². The molecule has 0 unspecified atom stereocenters. The van der Waals surface area contributed by atoms with Gasteiger partial charge >= 0.3 is 27.7 Å². The molecule has 11 heteroatoms. The van der Waals surface area contributed by atoms with Crippen molar-refractivity contribution in [3.63, 3.8) is 0 Å². The van der Waals surface area contributed by atoms with Gasteiger partial charge in [-0.2, -0.15) is 0 Å². The smallest absolute Gasteiger partial charge is 1.00 e. The van der Waals surface area contributed by atoms with Gasteiger partial charge in [-0.15, -0.1) is 0 Å². The quantitative estimate of drug-likeness (QED) is 0.135. The van der Waals surface area contributed by atoms with E-state index in [1.165, 1.54) is 31.8 Å². The van der Waals surface area contributed by atoms with Gasteiger partial charge in [-0.1, -0.05) is 72.8 Å². The molecule has 0 heterocycles. The summed E-state index contributed by atoms with van der Waals surface area (Å²) in [6.45, 7) is 0. The molecule has 6 nitrogen and oxygen atoms in total. The third-order valence-corrected chi connectivity index (χ3v) is 12.9. The van der Waals surface area contributed by atoms with E-state index < -0.39 is 15.8 Å². The second-order valence-corrected chi connectivity index (χ2v) is 15.3. The molecular weight excluding hydrogens is 934 g/mol. The average Bonchev–Trinajstić information content (AvgIpc) is 3.20. The Balaban J connectivity index is 0.000000347. The van der Waals surface area contributed by atoms with Gasteiger partial charge in [-0.25, -0.2) is 0 Å². The predicted octanol–water partition coefficient (Wildman–Crippen LogP) is 0.947. The van der Waals surface area contributed by atoms with Gasteiger partial charge in [0.15, 0.2) is 0 Å². The maximum atomic E-state index is 5.30. The van der Waals surface area contributed by atoms with Gasteiger partial charge < -0.3 is 53.2 Å². The van der Waals surface area contributed by atoms with Gasteiger partial charge in [0.1, 0.15) is 34.5 Å². The summed E-state index contributed by atoms with van der Waals surface area (Å²) in [5.74, 6) is 5.18. The van der Waals surface area contributed by atoms with Gasteiger partial charge in [-0.05, 0) is 120 Å². The van der Waals surface area contributed by atoms with Crippen LogP contribution in [0.3, 0.4) is 0 Å². The second kappa shape index (κ2) is 23.3. The molecule has 0 aromatic heterocycles. The van der Waals surface area contributed by atoms with Crippen LogP contribution >= 0.6 is 15.8 Å². The Hall–Kier alpha value is -3.50. The molecule has 0 spiro atoms. The minimum absolute atomic E-state index is 0. The summed E-state index contributed by atoms with van der Waals surface area (Å²) in [6.07, 6.45) is 0. The minimum Gasteiger partial charge on any atom is -1.00 e. The first kappa shape index (κ1) is 45.7. The van der Waals surface area contributed by atoms with E-state index in [0.717, 1.165) is 34.5 Å². The molecule has 0 atom stereocenters. The second-order valence-electron chi connectivity index (χ2n) is 10.9. The van der Waals surface area contributed by atoms with Gasteiger partial charge in [0.2, 0.25) is 0 Å². The number of benzene rings is 6. The molecule has 0 aliphatic heterocycles. The summed E-state index contributed by atoms with van der Waals surface area (Å²) in [5.41, 5.74) is 0. The third-order valence-electron chi connectivity index (χ3n) is 7.98. The molecule has 0 aliphatic carbocycles. The molecule has 6 aromatic carbocycles. The van der Waals surface area contributed by atoms with Crippen LogP contribution in [-0.4, -0.2) is 42.7 Å². The summed E-state index contributed by atoms with van der Waals surface area (Å²) >= 11 is 0. The van der Waals surface area contributed by atoms with E-state index >= 15 is 0 Å². The number of halogens is 2. The van der Waals surface area contributed by atoms with Crippen LogP contribution in [0.5, 0.6) is 34.5 Å². The SMILES string of the molecule is COc1ccc(P(c2ccc(OC)cc2)c2ccc(OC)cc2)cc1.COc1ccc(P(c2ccc(OC)cc2)c2ccc(OC)cc2)cc1.[Cl-].[Cl-].[Hg+2]. The Morgan fingerprint density at radius 2 is 0.358 bits per heavy atom. The topological polar surface area (TPSA) is 55.4 Å². The molecule has 0 radical (unpaired) electrons. The summed E-state index contributed by atoms with van der Waals surface area (Å²) in [5, 5.41) is 7.62. The van der Waals surface area contributed by atoms with Gasteiger partial charge in [-0.3, -0.25) is 0 Å².